The number of phenolic OH excluding ortho intramolecular Hbond substituents is 1. The monoisotopic (exact) mass is 351 g/mol. The highest BCUT2D eigenvalue weighted by atomic mass is 19.1. The number of nitrogens with zero attached hydrogens (tertiary/aromatic N) is 1. The van der Waals surface area contributed by atoms with E-state index in [4.69, 9.17) is 0 Å². The maximum atomic E-state index is 12.8. The summed E-state index contributed by atoms with van der Waals surface area (Å²) in [5, 5.41) is 17.7. The first-order valence-corrected chi connectivity index (χ1v) is 7.65. The molecular formula is C19H14FN3O3. The lowest BCUT2D eigenvalue weighted by molar-refractivity contribution is -0.136. The number of carbonyl (C=O) groups is 2. The van der Waals surface area contributed by atoms with Gasteiger partial charge >= 0.3 is 11.8 Å². The van der Waals surface area contributed by atoms with Crippen molar-refractivity contribution in [2.24, 2.45) is 5.10 Å². The Kier molecular flexibility index (Phi) is 4.89. The molecule has 3 aromatic carbocycles. The van der Waals surface area contributed by atoms with Gasteiger partial charge < -0.3 is 10.4 Å². The van der Waals surface area contributed by atoms with Crippen LogP contribution in [0.15, 0.2) is 65.8 Å². The standard InChI is InChI=1S/C19H14FN3O3/c20-13-6-8-14(9-7-13)22-18(25)19(26)23-21-11-16-15-4-2-1-3-12(15)5-10-17(16)24/h1-11,24H,(H,22,25)(H,23,26)/b21-11+. The number of hydrogen-bond donors (Lipinski definition) is 3. The van der Waals surface area contributed by atoms with Gasteiger partial charge in [0.15, 0.2) is 0 Å². The first-order valence-electron chi connectivity index (χ1n) is 7.65. The quantitative estimate of drug-likeness (QED) is 0.385. The summed E-state index contributed by atoms with van der Waals surface area (Å²) in [4.78, 5) is 23.6. The smallest absolute Gasteiger partial charge is 0.329 e. The fourth-order valence-electron chi connectivity index (χ4n) is 2.35. The number of fused-ring (bicyclic) bond motifs is 1. The Morgan fingerprint density at radius 1 is 0.962 bits per heavy atom. The molecule has 0 saturated carbocycles. The highest BCUT2D eigenvalue weighted by Crippen LogP contribution is 2.25. The molecule has 7 heteroatoms. The molecule has 3 rings (SSSR count). The summed E-state index contributed by atoms with van der Waals surface area (Å²) in [6, 6.07) is 15.6. The summed E-state index contributed by atoms with van der Waals surface area (Å²) in [6.45, 7) is 0. The molecule has 6 nitrogen and oxygen atoms in total. The number of hydrogen-bond acceptors (Lipinski definition) is 4. The molecule has 26 heavy (non-hydrogen) atoms. The summed E-state index contributed by atoms with van der Waals surface area (Å²) >= 11 is 0. The second-order valence-electron chi connectivity index (χ2n) is 5.38. The minimum Gasteiger partial charge on any atom is -0.507 e. The van der Waals surface area contributed by atoms with Gasteiger partial charge in [0.2, 0.25) is 0 Å². The number of carbonyl (C=O) groups excluding carboxylic acids is 2. The number of aromatic hydroxyl groups is 1. The predicted molar refractivity (Wildman–Crippen MR) is 96.4 cm³/mol. The molecule has 0 unspecified atom stereocenters. The van der Waals surface area contributed by atoms with Crippen molar-refractivity contribution in [1.29, 1.82) is 0 Å². The van der Waals surface area contributed by atoms with Crippen LogP contribution in [0.1, 0.15) is 5.56 Å². The number of benzene rings is 3. The van der Waals surface area contributed by atoms with E-state index in [1.807, 2.05) is 18.2 Å². The van der Waals surface area contributed by atoms with Crippen molar-refractivity contribution in [2.75, 3.05) is 5.32 Å². The topological polar surface area (TPSA) is 90.8 Å². The fourth-order valence-corrected chi connectivity index (χ4v) is 2.35. The molecule has 0 aromatic heterocycles. The van der Waals surface area contributed by atoms with Crippen LogP contribution in [0.25, 0.3) is 10.8 Å². The Hall–Kier alpha value is -3.74. The van der Waals surface area contributed by atoms with Crippen LogP contribution in [0.4, 0.5) is 10.1 Å². The zero-order valence-corrected chi connectivity index (χ0v) is 13.4. The van der Waals surface area contributed by atoms with Crippen LogP contribution in [0.5, 0.6) is 5.75 Å². The molecule has 0 heterocycles. The lowest BCUT2D eigenvalue weighted by Crippen LogP contribution is -2.32. The van der Waals surface area contributed by atoms with E-state index in [0.717, 1.165) is 22.9 Å². The Bertz CT molecular complexity index is 1000. The number of halogens is 1. The van der Waals surface area contributed by atoms with E-state index in [2.05, 4.69) is 15.8 Å². The van der Waals surface area contributed by atoms with Gasteiger partial charge in [0.25, 0.3) is 0 Å². The third-order valence-corrected chi connectivity index (χ3v) is 3.62. The van der Waals surface area contributed by atoms with Crippen LogP contribution < -0.4 is 10.7 Å². The van der Waals surface area contributed by atoms with Crippen LogP contribution in [-0.4, -0.2) is 23.1 Å². The number of hydrazone groups is 1. The highest BCUT2D eigenvalue weighted by Gasteiger charge is 2.13. The zero-order chi connectivity index (χ0) is 18.5. The van der Waals surface area contributed by atoms with E-state index in [9.17, 15) is 19.1 Å². The average Bonchev–Trinajstić information content (AvgIpc) is 2.65. The minimum atomic E-state index is -0.995. The Balaban J connectivity index is 1.68. The van der Waals surface area contributed by atoms with Crippen molar-refractivity contribution < 1.29 is 19.1 Å². The molecule has 0 radical (unpaired) electrons. The predicted octanol–water partition coefficient (Wildman–Crippen LogP) is 2.77. The summed E-state index contributed by atoms with van der Waals surface area (Å²) in [5.74, 6) is -2.40. The van der Waals surface area contributed by atoms with E-state index in [-0.39, 0.29) is 11.4 Å². The number of nitrogens with one attached hydrogen (secondary N) is 2. The van der Waals surface area contributed by atoms with Gasteiger partial charge in [0.1, 0.15) is 11.6 Å². The molecule has 3 aromatic rings. The Morgan fingerprint density at radius 3 is 2.46 bits per heavy atom. The first-order chi connectivity index (χ1) is 12.5. The summed E-state index contributed by atoms with van der Waals surface area (Å²) in [5.41, 5.74) is 2.79. The summed E-state index contributed by atoms with van der Waals surface area (Å²) in [6.07, 6.45) is 1.26. The molecule has 0 spiro atoms. The van der Waals surface area contributed by atoms with E-state index < -0.39 is 17.6 Å². The SMILES string of the molecule is O=C(N/N=C/c1c(O)ccc2ccccc12)C(=O)Nc1ccc(F)cc1. The molecule has 0 fully saturated rings. The van der Waals surface area contributed by atoms with Gasteiger partial charge in [-0.1, -0.05) is 30.3 Å². The largest absolute Gasteiger partial charge is 0.507 e. The van der Waals surface area contributed by atoms with Gasteiger partial charge in [-0.05, 0) is 41.1 Å². The van der Waals surface area contributed by atoms with E-state index in [0.29, 0.717) is 5.56 Å². The maximum absolute atomic E-state index is 12.8. The molecule has 0 atom stereocenters. The lowest BCUT2D eigenvalue weighted by Gasteiger charge is -2.05. The Labute approximate surface area is 148 Å². The van der Waals surface area contributed by atoms with E-state index in [1.54, 1.807) is 12.1 Å². The Morgan fingerprint density at radius 2 is 1.69 bits per heavy atom. The number of anilines is 1. The van der Waals surface area contributed by atoms with Crippen LogP contribution in [0, 0.1) is 5.82 Å². The molecule has 0 bridgehead atoms. The van der Waals surface area contributed by atoms with Crippen molar-refractivity contribution in [3.05, 3.63) is 72.0 Å². The second-order valence-corrected chi connectivity index (χ2v) is 5.38. The maximum Gasteiger partial charge on any atom is 0.329 e. The fraction of sp³-hybridized carbons (Fsp3) is 0. The van der Waals surface area contributed by atoms with Crippen LogP contribution in [0.3, 0.4) is 0 Å². The van der Waals surface area contributed by atoms with E-state index >= 15 is 0 Å². The van der Waals surface area contributed by atoms with Gasteiger partial charge in [-0.3, -0.25) is 9.59 Å². The van der Waals surface area contributed by atoms with Crippen molar-refractivity contribution >= 4 is 34.5 Å². The van der Waals surface area contributed by atoms with Crippen molar-refractivity contribution in [2.45, 2.75) is 0 Å². The molecule has 130 valence electrons. The van der Waals surface area contributed by atoms with Crippen LogP contribution in [0.2, 0.25) is 0 Å². The summed E-state index contributed by atoms with van der Waals surface area (Å²) in [7, 11) is 0. The highest BCUT2D eigenvalue weighted by molar-refractivity contribution is 6.39. The van der Waals surface area contributed by atoms with Gasteiger partial charge in [-0.15, -0.1) is 0 Å². The average molecular weight is 351 g/mol. The zero-order valence-electron chi connectivity index (χ0n) is 13.4. The van der Waals surface area contributed by atoms with Crippen molar-refractivity contribution in [3.63, 3.8) is 0 Å². The molecule has 3 N–H and O–H groups in total. The molecule has 0 aliphatic heterocycles. The molecule has 0 aliphatic rings. The van der Waals surface area contributed by atoms with Gasteiger partial charge in [-0.25, -0.2) is 9.82 Å². The number of rotatable bonds is 3. The third kappa shape index (κ3) is 3.84. The molecular weight excluding hydrogens is 337 g/mol. The first kappa shape index (κ1) is 17.1. The normalized spacial score (nSPS) is 10.8. The minimum absolute atomic E-state index is 0.00235. The lowest BCUT2D eigenvalue weighted by atomic mass is 10.0. The van der Waals surface area contributed by atoms with Crippen molar-refractivity contribution in [3.8, 4) is 5.75 Å². The van der Waals surface area contributed by atoms with Gasteiger partial charge in [0, 0.05) is 11.3 Å². The number of amides is 2. The van der Waals surface area contributed by atoms with Crippen molar-refractivity contribution in [1.82, 2.24) is 5.43 Å². The van der Waals surface area contributed by atoms with Gasteiger partial charge in [-0.2, -0.15) is 5.10 Å². The third-order valence-electron chi connectivity index (χ3n) is 3.62. The second kappa shape index (κ2) is 7.43. The summed E-state index contributed by atoms with van der Waals surface area (Å²) < 4.78 is 12.8. The van der Waals surface area contributed by atoms with Crippen LogP contribution in [-0.2, 0) is 9.59 Å². The molecule has 2 amide bonds. The van der Waals surface area contributed by atoms with Crippen LogP contribution >= 0.6 is 0 Å². The molecule has 0 saturated heterocycles. The van der Waals surface area contributed by atoms with Gasteiger partial charge in [0.05, 0.1) is 6.21 Å². The van der Waals surface area contributed by atoms with E-state index in [1.165, 1.54) is 24.4 Å². The molecule has 0 aliphatic carbocycles. The number of phenols is 1.